The molecule has 4 heteroatoms. The summed E-state index contributed by atoms with van der Waals surface area (Å²) in [5.74, 6) is 0.584. The lowest BCUT2D eigenvalue weighted by atomic mass is 10.1. The average Bonchev–Trinajstić information content (AvgIpc) is 2.73. The molecule has 0 aromatic carbocycles. The Balaban J connectivity index is 2.22. The van der Waals surface area contributed by atoms with Gasteiger partial charge in [-0.25, -0.2) is 0 Å². The Kier molecular flexibility index (Phi) is 5.22. The van der Waals surface area contributed by atoms with Gasteiger partial charge in [0.2, 0.25) is 5.91 Å². The lowest BCUT2D eigenvalue weighted by Gasteiger charge is -2.20. The molecule has 4 nitrogen and oxygen atoms in total. The molecule has 0 aromatic rings. The van der Waals surface area contributed by atoms with Crippen molar-refractivity contribution in [3.63, 3.8) is 0 Å². The molecular weight excluding hydrogens is 204 g/mol. The van der Waals surface area contributed by atoms with E-state index >= 15 is 0 Å². The van der Waals surface area contributed by atoms with Crippen LogP contribution < -0.4 is 5.32 Å². The Morgan fingerprint density at radius 2 is 2.19 bits per heavy atom. The summed E-state index contributed by atoms with van der Waals surface area (Å²) in [6, 6.07) is 0.610. The number of carbonyl (C=O) groups is 1. The minimum absolute atomic E-state index is 0.00880. The van der Waals surface area contributed by atoms with Crippen molar-refractivity contribution in [3.05, 3.63) is 0 Å². The van der Waals surface area contributed by atoms with Crippen molar-refractivity contribution >= 4 is 5.91 Å². The largest absolute Gasteiger partial charge is 0.372 e. The third-order valence-electron chi connectivity index (χ3n) is 3.34. The van der Waals surface area contributed by atoms with Crippen molar-refractivity contribution < 1.29 is 9.53 Å². The second kappa shape index (κ2) is 6.21. The van der Waals surface area contributed by atoms with Gasteiger partial charge in [-0.3, -0.25) is 4.79 Å². The van der Waals surface area contributed by atoms with E-state index in [0.29, 0.717) is 12.0 Å². The third-order valence-corrected chi connectivity index (χ3v) is 3.34. The van der Waals surface area contributed by atoms with Crippen LogP contribution in [0.25, 0.3) is 0 Å². The van der Waals surface area contributed by atoms with Gasteiger partial charge < -0.3 is 15.0 Å². The van der Waals surface area contributed by atoms with Gasteiger partial charge in [0.25, 0.3) is 0 Å². The van der Waals surface area contributed by atoms with Crippen LogP contribution in [0.3, 0.4) is 0 Å². The molecule has 1 aliphatic rings. The lowest BCUT2D eigenvalue weighted by Crippen LogP contribution is -2.38. The van der Waals surface area contributed by atoms with Crippen LogP contribution in [0, 0.1) is 5.92 Å². The number of amides is 1. The monoisotopic (exact) mass is 228 g/mol. The fourth-order valence-electron chi connectivity index (χ4n) is 1.99. The van der Waals surface area contributed by atoms with Gasteiger partial charge in [0.15, 0.2) is 0 Å². The average molecular weight is 228 g/mol. The van der Waals surface area contributed by atoms with Crippen LogP contribution >= 0.6 is 0 Å². The van der Waals surface area contributed by atoms with Crippen molar-refractivity contribution in [1.82, 2.24) is 10.2 Å². The van der Waals surface area contributed by atoms with Gasteiger partial charge in [0, 0.05) is 26.2 Å². The predicted molar refractivity (Wildman–Crippen MR) is 64.3 cm³/mol. The number of ether oxygens (including phenoxy) is 1. The Morgan fingerprint density at radius 1 is 1.50 bits per heavy atom. The quantitative estimate of drug-likeness (QED) is 0.759. The number of nitrogens with zero attached hydrogens (tertiary/aromatic N) is 1. The van der Waals surface area contributed by atoms with Crippen molar-refractivity contribution in [2.45, 2.75) is 39.3 Å². The first-order valence-electron chi connectivity index (χ1n) is 6.09. The van der Waals surface area contributed by atoms with Crippen LogP contribution in [0.1, 0.15) is 27.2 Å². The molecule has 0 saturated carbocycles. The highest BCUT2D eigenvalue weighted by molar-refractivity contribution is 5.80. The Morgan fingerprint density at radius 3 is 2.69 bits per heavy atom. The van der Waals surface area contributed by atoms with Crippen LogP contribution in [0.4, 0.5) is 0 Å². The fraction of sp³-hybridized carbons (Fsp3) is 0.917. The minimum Gasteiger partial charge on any atom is -0.372 e. The summed E-state index contributed by atoms with van der Waals surface area (Å²) in [5.41, 5.74) is 0. The minimum atomic E-state index is -0.345. The maximum Gasteiger partial charge on any atom is 0.248 e. The van der Waals surface area contributed by atoms with Crippen molar-refractivity contribution in [1.29, 1.82) is 0 Å². The predicted octanol–water partition coefficient (Wildman–Crippen LogP) is 0.868. The third kappa shape index (κ3) is 3.76. The second-order valence-electron chi connectivity index (χ2n) is 4.87. The van der Waals surface area contributed by atoms with Gasteiger partial charge in [0.05, 0.1) is 0 Å². The molecular formula is C12H24N2O2. The molecule has 1 fully saturated rings. The SMILES string of the molecule is COC(C)C(=O)NCC1CCN(C(C)C)C1. The molecule has 1 rings (SSSR count). The number of carbonyl (C=O) groups excluding carboxylic acids is 1. The van der Waals surface area contributed by atoms with Gasteiger partial charge in [-0.2, -0.15) is 0 Å². The molecule has 0 radical (unpaired) electrons. The molecule has 1 aliphatic heterocycles. The summed E-state index contributed by atoms with van der Waals surface area (Å²) in [5, 5.41) is 2.94. The molecule has 1 heterocycles. The zero-order valence-corrected chi connectivity index (χ0v) is 10.8. The maximum absolute atomic E-state index is 11.5. The number of hydrogen-bond acceptors (Lipinski definition) is 3. The molecule has 0 aliphatic carbocycles. The van der Waals surface area contributed by atoms with Gasteiger partial charge in [-0.1, -0.05) is 0 Å². The molecule has 2 atom stereocenters. The Hall–Kier alpha value is -0.610. The summed E-state index contributed by atoms with van der Waals surface area (Å²) in [4.78, 5) is 14.0. The highest BCUT2D eigenvalue weighted by Crippen LogP contribution is 2.17. The van der Waals surface area contributed by atoms with Crippen LogP contribution in [-0.4, -0.2) is 49.7 Å². The first-order chi connectivity index (χ1) is 7.54. The smallest absolute Gasteiger partial charge is 0.248 e. The van der Waals surface area contributed by atoms with Crippen molar-refractivity contribution in [2.75, 3.05) is 26.7 Å². The van der Waals surface area contributed by atoms with Crippen LogP contribution in [0.5, 0.6) is 0 Å². The van der Waals surface area contributed by atoms with Crippen LogP contribution in [-0.2, 0) is 9.53 Å². The molecule has 2 unspecified atom stereocenters. The van der Waals surface area contributed by atoms with E-state index in [4.69, 9.17) is 4.74 Å². The summed E-state index contributed by atoms with van der Waals surface area (Å²) in [7, 11) is 1.56. The first kappa shape index (κ1) is 13.5. The molecule has 1 amide bonds. The highest BCUT2D eigenvalue weighted by atomic mass is 16.5. The maximum atomic E-state index is 11.5. The van der Waals surface area contributed by atoms with Gasteiger partial charge in [-0.05, 0) is 39.7 Å². The first-order valence-corrected chi connectivity index (χ1v) is 6.09. The molecule has 0 aromatic heterocycles. The molecule has 94 valence electrons. The standard InChI is InChI=1S/C12H24N2O2/c1-9(2)14-6-5-11(8-14)7-13-12(15)10(3)16-4/h9-11H,5-8H2,1-4H3,(H,13,15). The van der Waals surface area contributed by atoms with Gasteiger partial charge in [-0.15, -0.1) is 0 Å². The zero-order chi connectivity index (χ0) is 12.1. The molecule has 0 bridgehead atoms. The number of nitrogens with one attached hydrogen (secondary N) is 1. The molecule has 16 heavy (non-hydrogen) atoms. The molecule has 0 spiro atoms. The zero-order valence-electron chi connectivity index (χ0n) is 10.8. The van der Waals surface area contributed by atoms with E-state index < -0.39 is 0 Å². The number of methoxy groups -OCH3 is 1. The Labute approximate surface area is 98.3 Å². The second-order valence-corrected chi connectivity index (χ2v) is 4.87. The van der Waals surface area contributed by atoms with E-state index in [1.165, 1.54) is 6.42 Å². The van der Waals surface area contributed by atoms with Gasteiger partial charge in [0.1, 0.15) is 6.10 Å². The number of rotatable bonds is 5. The van der Waals surface area contributed by atoms with Crippen LogP contribution in [0.2, 0.25) is 0 Å². The fourth-order valence-corrected chi connectivity index (χ4v) is 1.99. The van der Waals surface area contributed by atoms with Crippen LogP contribution in [0.15, 0.2) is 0 Å². The summed E-state index contributed by atoms with van der Waals surface area (Å²) >= 11 is 0. The molecule has 1 saturated heterocycles. The topological polar surface area (TPSA) is 41.6 Å². The highest BCUT2D eigenvalue weighted by Gasteiger charge is 2.24. The summed E-state index contributed by atoms with van der Waals surface area (Å²) in [6.45, 7) is 9.22. The van der Waals surface area contributed by atoms with E-state index in [1.807, 2.05) is 0 Å². The van der Waals surface area contributed by atoms with E-state index in [0.717, 1.165) is 19.6 Å². The lowest BCUT2D eigenvalue weighted by molar-refractivity contribution is -0.130. The Bertz CT molecular complexity index is 231. The normalized spacial score (nSPS) is 23.7. The van der Waals surface area contributed by atoms with E-state index in [9.17, 15) is 4.79 Å². The van der Waals surface area contributed by atoms with E-state index in [-0.39, 0.29) is 12.0 Å². The molecule has 1 N–H and O–H groups in total. The van der Waals surface area contributed by atoms with Crippen molar-refractivity contribution in [3.8, 4) is 0 Å². The number of hydrogen-bond donors (Lipinski definition) is 1. The van der Waals surface area contributed by atoms with E-state index in [2.05, 4.69) is 24.1 Å². The van der Waals surface area contributed by atoms with Gasteiger partial charge >= 0.3 is 0 Å². The number of likely N-dealkylation sites (tertiary alicyclic amines) is 1. The summed E-state index contributed by atoms with van der Waals surface area (Å²) in [6.07, 6.45) is 0.836. The van der Waals surface area contributed by atoms with Crippen molar-refractivity contribution in [2.24, 2.45) is 5.92 Å². The summed E-state index contributed by atoms with van der Waals surface area (Å²) < 4.78 is 4.96. The van der Waals surface area contributed by atoms with E-state index in [1.54, 1.807) is 14.0 Å².